The smallest absolute Gasteiger partial charge is 1.00 e. The van der Waals surface area contributed by atoms with Gasteiger partial charge in [-0.2, -0.15) is 0 Å². The molecule has 2 fully saturated rings. The van der Waals surface area contributed by atoms with Crippen molar-refractivity contribution < 1.29 is 61.2 Å². The van der Waals surface area contributed by atoms with Crippen molar-refractivity contribution in [3.8, 4) is 11.5 Å². The van der Waals surface area contributed by atoms with Crippen LogP contribution in [0.1, 0.15) is 87.2 Å². The molecule has 0 amide bonds. The molecule has 0 aromatic heterocycles. The molecule has 158 valence electrons. The van der Waals surface area contributed by atoms with Crippen LogP contribution in [0, 0.1) is 0 Å². The van der Waals surface area contributed by atoms with Crippen LogP contribution >= 0.6 is 0 Å². The molecule has 0 radical (unpaired) electrons. The zero-order valence-electron chi connectivity index (χ0n) is 17.0. The maximum Gasteiger partial charge on any atom is 2.00 e. The van der Waals surface area contributed by atoms with Crippen LogP contribution in [0.15, 0.2) is 48.5 Å². The third kappa shape index (κ3) is 9.45. The minimum atomic E-state index is 0. The van der Waals surface area contributed by atoms with Crippen molar-refractivity contribution >= 4 is 0 Å². The molecule has 2 aromatic rings. The molecule has 2 nitrogen and oxygen atoms in total. The van der Waals surface area contributed by atoms with E-state index in [0.29, 0.717) is 23.3 Å². The molecule has 2 N–H and O–H groups in total. The average Bonchev–Trinajstić information content (AvgIpc) is 2.70. The molecule has 0 unspecified atom stereocenters. The van der Waals surface area contributed by atoms with Gasteiger partial charge in [0.1, 0.15) is 11.5 Å². The Morgan fingerprint density at radius 1 is 0.552 bits per heavy atom. The fraction of sp³-hybridized carbons (Fsp3) is 0.500. The Balaban J connectivity index is 0.000000490. The average molecular weight is 515 g/mol. The molecule has 0 bridgehead atoms. The standard InChI is InChI=1S/2C12H16O.2ClH.Zr/c2*13-12-8-4-7-11(9-12)10-5-2-1-3-6-10;;;/h2*4,7-10,13H,1-3,5-6H2;2*1H;/q;;;;+2/p-2. The first-order valence-electron chi connectivity index (χ1n) is 10.3. The molecule has 2 saturated carbocycles. The Kier molecular flexibility index (Phi) is 15.1. The molecule has 0 saturated heterocycles. The first-order chi connectivity index (χ1) is 12.7. The summed E-state index contributed by atoms with van der Waals surface area (Å²) in [7, 11) is 0. The van der Waals surface area contributed by atoms with E-state index in [0.717, 1.165) is 0 Å². The van der Waals surface area contributed by atoms with Crippen LogP contribution in [0.4, 0.5) is 0 Å². The number of halogens is 2. The molecule has 2 aliphatic carbocycles. The fourth-order valence-electron chi connectivity index (χ4n) is 4.43. The summed E-state index contributed by atoms with van der Waals surface area (Å²) in [4.78, 5) is 0. The fourth-order valence-corrected chi connectivity index (χ4v) is 4.43. The van der Waals surface area contributed by atoms with Gasteiger partial charge >= 0.3 is 26.2 Å². The summed E-state index contributed by atoms with van der Waals surface area (Å²) in [6, 6.07) is 15.5. The Morgan fingerprint density at radius 3 is 1.21 bits per heavy atom. The van der Waals surface area contributed by atoms with Crippen LogP contribution in [0.2, 0.25) is 0 Å². The molecule has 29 heavy (non-hydrogen) atoms. The number of rotatable bonds is 2. The van der Waals surface area contributed by atoms with Gasteiger partial charge in [-0.15, -0.1) is 0 Å². The zero-order valence-corrected chi connectivity index (χ0v) is 21.0. The number of phenols is 2. The van der Waals surface area contributed by atoms with Crippen molar-refractivity contribution in [1.29, 1.82) is 0 Å². The molecule has 5 heteroatoms. The SMILES string of the molecule is Oc1cccc(C2CCCCC2)c1.Oc1cccc(C2CCCCC2)c1.[Cl-].[Cl-].[Zr+2]. The maximum absolute atomic E-state index is 9.34. The minimum absolute atomic E-state index is 0. The van der Waals surface area contributed by atoms with E-state index < -0.39 is 0 Å². The molecule has 0 atom stereocenters. The summed E-state index contributed by atoms with van der Waals surface area (Å²) >= 11 is 0. The third-order valence-corrected chi connectivity index (χ3v) is 5.89. The molecule has 4 rings (SSSR count). The van der Waals surface area contributed by atoms with E-state index in [2.05, 4.69) is 12.1 Å². The Morgan fingerprint density at radius 2 is 0.897 bits per heavy atom. The number of aromatic hydroxyl groups is 2. The summed E-state index contributed by atoms with van der Waals surface area (Å²) in [5, 5.41) is 18.7. The van der Waals surface area contributed by atoms with E-state index in [-0.39, 0.29) is 51.0 Å². The van der Waals surface area contributed by atoms with Gasteiger partial charge < -0.3 is 35.0 Å². The Labute approximate surface area is 207 Å². The van der Waals surface area contributed by atoms with Gasteiger partial charge in [0.15, 0.2) is 0 Å². The van der Waals surface area contributed by atoms with Gasteiger partial charge in [-0.05, 0) is 72.9 Å². The summed E-state index contributed by atoms with van der Waals surface area (Å²) < 4.78 is 0. The van der Waals surface area contributed by atoms with Crippen LogP contribution in [0.3, 0.4) is 0 Å². The predicted octanol–water partition coefficient (Wildman–Crippen LogP) is 0.885. The van der Waals surface area contributed by atoms with Crippen LogP contribution in [0.25, 0.3) is 0 Å². The van der Waals surface area contributed by atoms with E-state index in [1.807, 2.05) is 24.3 Å². The molecule has 0 spiro atoms. The van der Waals surface area contributed by atoms with Crippen molar-refractivity contribution in [2.24, 2.45) is 0 Å². The predicted molar refractivity (Wildman–Crippen MR) is 108 cm³/mol. The zero-order chi connectivity index (χ0) is 18.2. The van der Waals surface area contributed by atoms with E-state index in [9.17, 15) is 10.2 Å². The Hall–Kier alpha value is -0.497. The monoisotopic (exact) mass is 512 g/mol. The molecule has 2 aromatic carbocycles. The van der Waals surface area contributed by atoms with E-state index >= 15 is 0 Å². The van der Waals surface area contributed by atoms with E-state index in [1.54, 1.807) is 12.1 Å². The maximum atomic E-state index is 9.34. The van der Waals surface area contributed by atoms with Crippen LogP contribution in [-0.2, 0) is 26.2 Å². The van der Waals surface area contributed by atoms with Crippen molar-refractivity contribution in [2.75, 3.05) is 0 Å². The van der Waals surface area contributed by atoms with Gasteiger partial charge in [-0.1, -0.05) is 62.8 Å². The minimum Gasteiger partial charge on any atom is -1.00 e. The topological polar surface area (TPSA) is 40.5 Å². The molecule has 2 aliphatic rings. The van der Waals surface area contributed by atoms with Gasteiger partial charge in [-0.25, -0.2) is 0 Å². The molecular weight excluding hydrogens is 482 g/mol. The summed E-state index contributed by atoms with van der Waals surface area (Å²) in [6.45, 7) is 0. The van der Waals surface area contributed by atoms with Crippen LogP contribution in [0.5, 0.6) is 11.5 Å². The van der Waals surface area contributed by atoms with Crippen molar-refractivity contribution in [2.45, 2.75) is 76.0 Å². The van der Waals surface area contributed by atoms with Crippen molar-refractivity contribution in [3.63, 3.8) is 0 Å². The second-order valence-corrected chi connectivity index (χ2v) is 7.86. The van der Waals surface area contributed by atoms with Crippen LogP contribution in [-0.4, -0.2) is 10.2 Å². The molecular formula is C24H32Cl2O2Zr. The van der Waals surface area contributed by atoms with Crippen molar-refractivity contribution in [3.05, 3.63) is 59.7 Å². The first-order valence-corrected chi connectivity index (χ1v) is 10.3. The second-order valence-electron chi connectivity index (χ2n) is 7.86. The molecule has 0 heterocycles. The van der Waals surface area contributed by atoms with Crippen LogP contribution < -0.4 is 24.8 Å². The number of phenolic OH excluding ortho intramolecular Hbond substituents is 2. The first kappa shape index (κ1) is 28.5. The number of hydrogen-bond acceptors (Lipinski definition) is 2. The van der Waals surface area contributed by atoms with Gasteiger partial charge in [0.2, 0.25) is 0 Å². The third-order valence-electron chi connectivity index (χ3n) is 5.89. The second kappa shape index (κ2) is 15.3. The number of benzene rings is 2. The quantitative estimate of drug-likeness (QED) is 0.625. The number of hydrogen-bond donors (Lipinski definition) is 2. The van der Waals surface area contributed by atoms with E-state index in [1.165, 1.54) is 75.3 Å². The summed E-state index contributed by atoms with van der Waals surface area (Å²) in [6.07, 6.45) is 13.3. The van der Waals surface area contributed by atoms with E-state index in [4.69, 9.17) is 0 Å². The Bertz CT molecular complexity index is 625. The summed E-state index contributed by atoms with van der Waals surface area (Å²) in [5.41, 5.74) is 2.64. The van der Waals surface area contributed by atoms with Gasteiger partial charge in [0.05, 0.1) is 0 Å². The summed E-state index contributed by atoms with van der Waals surface area (Å²) in [5.74, 6) is 2.20. The largest absolute Gasteiger partial charge is 2.00 e. The van der Waals surface area contributed by atoms with Gasteiger partial charge in [0, 0.05) is 0 Å². The molecule has 0 aliphatic heterocycles. The van der Waals surface area contributed by atoms with Crippen molar-refractivity contribution in [1.82, 2.24) is 0 Å². The van der Waals surface area contributed by atoms with Gasteiger partial charge in [0.25, 0.3) is 0 Å². The van der Waals surface area contributed by atoms with Gasteiger partial charge in [-0.3, -0.25) is 0 Å². The normalized spacial score (nSPS) is 16.8.